The summed E-state index contributed by atoms with van der Waals surface area (Å²) in [6, 6.07) is 0. The van der Waals surface area contributed by atoms with E-state index in [0.717, 1.165) is 32.1 Å². The van der Waals surface area contributed by atoms with E-state index in [1.807, 2.05) is 12.2 Å². The molecule has 9 nitrogen and oxygen atoms in total. The summed E-state index contributed by atoms with van der Waals surface area (Å²) in [5.41, 5.74) is 5.33. The van der Waals surface area contributed by atoms with E-state index in [1.165, 1.54) is 128 Å². The zero-order chi connectivity index (χ0) is 37.5. The average molecular weight is 744 g/mol. The van der Waals surface area contributed by atoms with Crippen molar-refractivity contribution in [3.63, 3.8) is 0 Å². The first-order valence-electron chi connectivity index (χ1n) is 20.8. The van der Waals surface area contributed by atoms with E-state index in [1.54, 1.807) is 0 Å². The predicted octanol–water partition coefficient (Wildman–Crippen LogP) is 11.6. The molecule has 0 aromatic heterocycles. The van der Waals surface area contributed by atoms with Crippen molar-refractivity contribution in [3.05, 3.63) is 24.3 Å². The lowest BCUT2D eigenvalue weighted by Crippen LogP contribution is -2.29. The van der Waals surface area contributed by atoms with E-state index in [-0.39, 0.29) is 32.6 Å². The summed E-state index contributed by atoms with van der Waals surface area (Å²) in [5.74, 6) is -0.900. The number of hydrogen-bond donors (Lipinski definition) is 2. The van der Waals surface area contributed by atoms with Crippen molar-refractivity contribution in [1.29, 1.82) is 0 Å². The zero-order valence-electron chi connectivity index (χ0n) is 32.8. The van der Waals surface area contributed by atoms with E-state index in [4.69, 9.17) is 24.3 Å². The fourth-order valence-electron chi connectivity index (χ4n) is 5.75. The van der Waals surface area contributed by atoms with E-state index < -0.39 is 32.5 Å². The third-order valence-corrected chi connectivity index (χ3v) is 9.84. The van der Waals surface area contributed by atoms with Crippen LogP contribution in [0.5, 0.6) is 0 Å². The lowest BCUT2D eigenvalue weighted by molar-refractivity contribution is -0.161. The number of phosphoric acid groups is 1. The molecule has 0 saturated carbocycles. The second kappa shape index (κ2) is 38.2. The van der Waals surface area contributed by atoms with Crippen LogP contribution in [0.25, 0.3) is 0 Å². The Morgan fingerprint density at radius 2 is 1.06 bits per heavy atom. The highest BCUT2D eigenvalue weighted by atomic mass is 31.2. The van der Waals surface area contributed by atoms with E-state index in [2.05, 4.69) is 26.0 Å². The molecule has 0 radical (unpaired) electrons. The number of nitrogens with two attached hydrogens (primary N) is 1. The molecule has 0 amide bonds. The smallest absolute Gasteiger partial charge is 0.462 e. The lowest BCUT2D eigenvalue weighted by Gasteiger charge is -2.19. The van der Waals surface area contributed by atoms with Gasteiger partial charge in [0.2, 0.25) is 0 Å². The number of unbranched alkanes of at least 4 members (excludes halogenated alkanes) is 22. The number of phosphoric ester groups is 1. The first-order chi connectivity index (χ1) is 24.8. The maximum absolute atomic E-state index is 12.5. The first kappa shape index (κ1) is 49.5. The minimum atomic E-state index is -4.38. The fraction of sp³-hybridized carbons (Fsp3) is 0.854. The number of allylic oxidation sites excluding steroid dienone is 4. The lowest BCUT2D eigenvalue weighted by atomic mass is 10.0. The first-order valence-corrected chi connectivity index (χ1v) is 22.3. The van der Waals surface area contributed by atoms with Gasteiger partial charge in [-0.05, 0) is 32.1 Å². The summed E-state index contributed by atoms with van der Waals surface area (Å²) in [4.78, 5) is 34.7. The normalized spacial score (nSPS) is 13.6. The van der Waals surface area contributed by atoms with Crippen molar-refractivity contribution in [2.75, 3.05) is 26.4 Å². The molecule has 0 aliphatic rings. The van der Waals surface area contributed by atoms with Gasteiger partial charge in [0, 0.05) is 19.4 Å². The van der Waals surface area contributed by atoms with Gasteiger partial charge in [-0.25, -0.2) is 4.57 Å². The maximum Gasteiger partial charge on any atom is 0.472 e. The Morgan fingerprint density at radius 1 is 0.588 bits per heavy atom. The molecule has 0 aliphatic carbocycles. The number of ether oxygens (including phenoxy) is 2. The van der Waals surface area contributed by atoms with Gasteiger partial charge in [-0.15, -0.1) is 0 Å². The summed E-state index contributed by atoms with van der Waals surface area (Å²) in [5, 5.41) is 0. The molecule has 0 aromatic rings. The molecule has 0 aliphatic heterocycles. The van der Waals surface area contributed by atoms with Crippen LogP contribution in [-0.2, 0) is 32.7 Å². The molecule has 2 unspecified atom stereocenters. The van der Waals surface area contributed by atoms with Crippen molar-refractivity contribution in [1.82, 2.24) is 0 Å². The Labute approximate surface area is 312 Å². The Bertz CT molecular complexity index is 897. The molecule has 300 valence electrons. The van der Waals surface area contributed by atoms with E-state index >= 15 is 0 Å². The minimum absolute atomic E-state index is 0.0474. The Kier molecular flexibility index (Phi) is 37.1. The van der Waals surface area contributed by atoms with E-state index in [9.17, 15) is 19.0 Å². The SMILES string of the molecule is CCCCCCCCCCC=CCC=CCCC(=O)OC(COC(=O)CCCCCCCCCCCCCCCCC)COP(=O)(O)OCCN. The van der Waals surface area contributed by atoms with Gasteiger partial charge in [-0.1, -0.05) is 173 Å². The molecule has 2 atom stereocenters. The van der Waals surface area contributed by atoms with Gasteiger partial charge < -0.3 is 20.1 Å². The van der Waals surface area contributed by atoms with Crippen molar-refractivity contribution in [3.8, 4) is 0 Å². The minimum Gasteiger partial charge on any atom is -0.462 e. The fourth-order valence-corrected chi connectivity index (χ4v) is 6.51. The molecule has 0 aromatic carbocycles. The standard InChI is InChI=1S/C41H78NO8P/c1-3-5-7-9-11-13-15-17-19-21-23-25-27-29-31-33-40(43)47-37-39(38-49-51(45,46)48-36-35-42)50-41(44)34-32-30-28-26-24-22-20-18-16-14-12-10-8-6-4-2/h22,24,28,30,39H,3-21,23,25-27,29,31-38,42H2,1-2H3,(H,45,46). The van der Waals surface area contributed by atoms with Crippen LogP contribution in [0.3, 0.4) is 0 Å². The van der Waals surface area contributed by atoms with Gasteiger partial charge in [0.05, 0.1) is 13.2 Å². The van der Waals surface area contributed by atoms with Crippen LogP contribution in [0.15, 0.2) is 24.3 Å². The van der Waals surface area contributed by atoms with Gasteiger partial charge in [-0.3, -0.25) is 18.6 Å². The monoisotopic (exact) mass is 744 g/mol. The van der Waals surface area contributed by atoms with Crippen molar-refractivity contribution in [2.45, 2.75) is 200 Å². The maximum atomic E-state index is 12.5. The predicted molar refractivity (Wildman–Crippen MR) is 211 cm³/mol. The third kappa shape index (κ3) is 38.0. The molecule has 0 saturated heterocycles. The molecule has 0 fully saturated rings. The van der Waals surface area contributed by atoms with Crippen LogP contribution in [0.2, 0.25) is 0 Å². The Hall–Kier alpha value is -1.51. The number of esters is 2. The van der Waals surface area contributed by atoms with Gasteiger partial charge in [0.25, 0.3) is 0 Å². The topological polar surface area (TPSA) is 134 Å². The van der Waals surface area contributed by atoms with Gasteiger partial charge in [0.15, 0.2) is 6.10 Å². The Morgan fingerprint density at radius 3 is 1.57 bits per heavy atom. The molecule has 0 bridgehead atoms. The molecule has 0 rings (SSSR count). The third-order valence-electron chi connectivity index (χ3n) is 8.85. The summed E-state index contributed by atoms with van der Waals surface area (Å²) < 4.78 is 32.6. The van der Waals surface area contributed by atoms with Gasteiger partial charge >= 0.3 is 19.8 Å². The van der Waals surface area contributed by atoms with Crippen molar-refractivity contribution >= 4 is 19.8 Å². The number of carbonyl (C=O) groups excluding carboxylic acids is 2. The number of hydrogen-bond acceptors (Lipinski definition) is 8. The molecule has 10 heteroatoms. The van der Waals surface area contributed by atoms with E-state index in [0.29, 0.717) is 6.42 Å². The second-order valence-corrected chi connectivity index (χ2v) is 15.3. The molecule has 0 spiro atoms. The Balaban J connectivity index is 4.23. The highest BCUT2D eigenvalue weighted by Gasteiger charge is 2.25. The summed E-state index contributed by atoms with van der Waals surface area (Å²) in [7, 11) is -4.38. The second-order valence-electron chi connectivity index (χ2n) is 13.9. The van der Waals surface area contributed by atoms with Crippen molar-refractivity contribution in [2.24, 2.45) is 5.73 Å². The summed E-state index contributed by atoms with van der Waals surface area (Å²) >= 11 is 0. The molecule has 3 N–H and O–H groups in total. The molecular weight excluding hydrogens is 665 g/mol. The van der Waals surface area contributed by atoms with Crippen LogP contribution < -0.4 is 5.73 Å². The quantitative estimate of drug-likeness (QED) is 0.0273. The van der Waals surface area contributed by atoms with Crippen LogP contribution in [-0.4, -0.2) is 49.3 Å². The zero-order valence-corrected chi connectivity index (χ0v) is 33.7. The highest BCUT2D eigenvalue weighted by Crippen LogP contribution is 2.43. The van der Waals surface area contributed by atoms with Crippen LogP contribution in [0, 0.1) is 0 Å². The largest absolute Gasteiger partial charge is 0.472 e. The van der Waals surface area contributed by atoms with Crippen molar-refractivity contribution < 1.29 is 37.6 Å². The van der Waals surface area contributed by atoms with Crippen LogP contribution in [0.4, 0.5) is 0 Å². The van der Waals surface area contributed by atoms with Gasteiger partial charge in [0.1, 0.15) is 6.61 Å². The summed E-state index contributed by atoms with van der Waals surface area (Å²) in [6.45, 7) is 3.68. The molecule has 51 heavy (non-hydrogen) atoms. The molecule has 0 heterocycles. The van der Waals surface area contributed by atoms with Crippen LogP contribution >= 0.6 is 7.82 Å². The molecular formula is C41H78NO8P. The highest BCUT2D eigenvalue weighted by molar-refractivity contribution is 7.47. The van der Waals surface area contributed by atoms with Crippen LogP contribution in [0.1, 0.15) is 194 Å². The summed E-state index contributed by atoms with van der Waals surface area (Å²) in [6.07, 6.45) is 39.4. The van der Waals surface area contributed by atoms with Gasteiger partial charge in [-0.2, -0.15) is 0 Å². The number of carbonyl (C=O) groups is 2. The average Bonchev–Trinajstić information content (AvgIpc) is 3.11. The number of rotatable bonds is 39.